The minimum Gasteiger partial charge on any atom is -0.462 e. The van der Waals surface area contributed by atoms with Gasteiger partial charge in [0.25, 0.3) is 5.91 Å². The van der Waals surface area contributed by atoms with E-state index in [0.29, 0.717) is 33.7 Å². The van der Waals surface area contributed by atoms with E-state index < -0.39 is 30.1 Å². The summed E-state index contributed by atoms with van der Waals surface area (Å²) in [5.74, 6) is -1.67. The average molecular weight is 531 g/mol. The maximum absolute atomic E-state index is 13.9. The number of carbonyl (C=O) groups excluding carboxylic acids is 3. The van der Waals surface area contributed by atoms with Crippen LogP contribution in [0.1, 0.15) is 66.6 Å². The summed E-state index contributed by atoms with van der Waals surface area (Å²) in [5.41, 5.74) is 3.27. The molecule has 0 unspecified atom stereocenters. The van der Waals surface area contributed by atoms with Crippen LogP contribution in [0.15, 0.2) is 114 Å². The lowest BCUT2D eigenvalue weighted by Crippen LogP contribution is -2.51. The molecule has 0 fully saturated rings. The molecular formula is C33H26N2O5. The van der Waals surface area contributed by atoms with Gasteiger partial charge < -0.3 is 9.47 Å². The molecule has 198 valence electrons. The smallest absolute Gasteiger partial charge is 0.340 e. The fourth-order valence-corrected chi connectivity index (χ4v) is 5.43. The predicted molar refractivity (Wildman–Crippen MR) is 149 cm³/mol. The third-order valence-electron chi connectivity index (χ3n) is 7.20. The molecule has 7 nitrogen and oxygen atoms in total. The first-order chi connectivity index (χ1) is 19.6. The van der Waals surface area contributed by atoms with Gasteiger partial charge in [-0.3, -0.25) is 14.7 Å². The maximum atomic E-state index is 13.9. The number of fused-ring (bicyclic) bond motifs is 3. The summed E-state index contributed by atoms with van der Waals surface area (Å²) in [6, 6.07) is 32.0. The van der Waals surface area contributed by atoms with Crippen molar-refractivity contribution in [2.24, 2.45) is 4.99 Å². The molecule has 2 heterocycles. The molecule has 2 aliphatic heterocycles. The third-order valence-corrected chi connectivity index (χ3v) is 7.20. The third kappa shape index (κ3) is 4.35. The topological polar surface area (TPSA) is 85.3 Å². The summed E-state index contributed by atoms with van der Waals surface area (Å²) in [6.07, 6.45) is -1.10. The van der Waals surface area contributed by atoms with Crippen molar-refractivity contribution in [2.45, 2.75) is 25.1 Å². The molecule has 40 heavy (non-hydrogen) atoms. The van der Waals surface area contributed by atoms with E-state index in [9.17, 15) is 14.4 Å². The van der Waals surface area contributed by atoms with Crippen molar-refractivity contribution in [1.29, 1.82) is 0 Å². The molecule has 0 saturated carbocycles. The van der Waals surface area contributed by atoms with Gasteiger partial charge in [0.1, 0.15) is 5.84 Å². The monoisotopic (exact) mass is 530 g/mol. The summed E-state index contributed by atoms with van der Waals surface area (Å²) < 4.78 is 11.6. The Morgan fingerprint density at radius 1 is 0.775 bits per heavy atom. The molecule has 3 atom stereocenters. The van der Waals surface area contributed by atoms with E-state index in [4.69, 9.17) is 14.5 Å². The van der Waals surface area contributed by atoms with E-state index in [-0.39, 0.29) is 12.5 Å². The van der Waals surface area contributed by atoms with Crippen molar-refractivity contribution < 1.29 is 23.9 Å². The molecule has 0 N–H and O–H groups in total. The molecule has 4 aromatic rings. The maximum Gasteiger partial charge on any atom is 0.340 e. The van der Waals surface area contributed by atoms with Crippen molar-refractivity contribution in [3.63, 3.8) is 0 Å². The van der Waals surface area contributed by atoms with E-state index in [2.05, 4.69) is 0 Å². The number of esters is 2. The summed E-state index contributed by atoms with van der Waals surface area (Å²) in [6.45, 7) is 1.95. The van der Waals surface area contributed by atoms with Gasteiger partial charge in [0, 0.05) is 5.56 Å². The number of carbonyl (C=O) groups is 3. The van der Waals surface area contributed by atoms with Gasteiger partial charge in [0.2, 0.25) is 0 Å². The first-order valence-electron chi connectivity index (χ1n) is 13.2. The zero-order valence-corrected chi connectivity index (χ0v) is 21.8. The predicted octanol–water partition coefficient (Wildman–Crippen LogP) is 5.79. The first-order valence-corrected chi connectivity index (χ1v) is 13.2. The van der Waals surface area contributed by atoms with Gasteiger partial charge in [0.05, 0.1) is 35.3 Å². The van der Waals surface area contributed by atoms with E-state index in [0.717, 1.165) is 5.56 Å². The lowest BCUT2D eigenvalue weighted by atomic mass is 9.81. The fraction of sp³-hybridized carbons (Fsp3) is 0.152. The minimum atomic E-state index is -1.10. The van der Waals surface area contributed by atoms with Crippen LogP contribution in [0.2, 0.25) is 0 Å². The average Bonchev–Trinajstić information content (AvgIpc) is 3.29. The molecule has 0 saturated heterocycles. The second-order valence-electron chi connectivity index (χ2n) is 9.52. The van der Waals surface area contributed by atoms with E-state index >= 15 is 0 Å². The molecule has 7 heteroatoms. The van der Waals surface area contributed by atoms with Crippen LogP contribution >= 0.6 is 0 Å². The Kier molecular flexibility index (Phi) is 6.70. The lowest BCUT2D eigenvalue weighted by molar-refractivity contribution is -0.0212. The van der Waals surface area contributed by atoms with Crippen LogP contribution in [-0.2, 0) is 9.47 Å². The van der Waals surface area contributed by atoms with Gasteiger partial charge in [-0.05, 0) is 42.3 Å². The lowest BCUT2D eigenvalue weighted by Gasteiger charge is -2.41. The Morgan fingerprint density at radius 3 is 2.12 bits per heavy atom. The van der Waals surface area contributed by atoms with Crippen molar-refractivity contribution in [3.8, 4) is 0 Å². The molecule has 4 aromatic carbocycles. The normalized spacial score (nSPS) is 19.3. The van der Waals surface area contributed by atoms with E-state index in [1.807, 2.05) is 60.7 Å². The number of benzene rings is 4. The zero-order valence-electron chi connectivity index (χ0n) is 21.8. The van der Waals surface area contributed by atoms with Crippen LogP contribution in [0.3, 0.4) is 0 Å². The Bertz CT molecular complexity index is 1620. The number of ether oxygens (including phenoxy) is 2. The van der Waals surface area contributed by atoms with Crippen molar-refractivity contribution in [3.05, 3.63) is 143 Å². The summed E-state index contributed by atoms with van der Waals surface area (Å²) in [5, 5.41) is 0. The van der Waals surface area contributed by atoms with E-state index in [1.165, 1.54) is 4.90 Å². The van der Waals surface area contributed by atoms with Crippen LogP contribution in [-0.4, -0.2) is 41.4 Å². The van der Waals surface area contributed by atoms with Gasteiger partial charge >= 0.3 is 11.9 Å². The van der Waals surface area contributed by atoms with E-state index in [1.54, 1.807) is 55.5 Å². The summed E-state index contributed by atoms with van der Waals surface area (Å²) in [4.78, 5) is 47.1. The minimum absolute atomic E-state index is 0.203. The highest BCUT2D eigenvalue weighted by molar-refractivity contribution is 6.24. The molecule has 2 aliphatic rings. The number of nitrogens with zero attached hydrogens (tertiary/aromatic N) is 2. The summed E-state index contributed by atoms with van der Waals surface area (Å²) in [7, 11) is 0. The molecule has 0 radical (unpaired) electrons. The Balaban J connectivity index is 1.58. The Labute approximate surface area is 231 Å². The number of amidine groups is 1. The zero-order chi connectivity index (χ0) is 27.6. The molecule has 0 bridgehead atoms. The largest absolute Gasteiger partial charge is 0.462 e. The highest BCUT2D eigenvalue weighted by Crippen LogP contribution is 2.47. The number of hydrogen-bond donors (Lipinski definition) is 0. The Morgan fingerprint density at radius 2 is 1.40 bits per heavy atom. The molecule has 6 rings (SSSR count). The number of amides is 1. The SMILES string of the molecule is CCOC(=O)c1ccccc1[C@@H]1[C@@H](c2ccccc2)N=C2c3ccccc3C(=O)N2[C@@H]1OC(=O)c1ccccc1. The highest BCUT2D eigenvalue weighted by Gasteiger charge is 2.51. The number of aliphatic imine (C=N–C) groups is 1. The van der Waals surface area contributed by atoms with Gasteiger partial charge in [-0.2, -0.15) is 0 Å². The standard InChI is InChI=1S/C33H26N2O5/c1-2-39-33(38)26-20-12-9-17-23(26)27-28(21-13-5-3-6-14-21)34-29-24-18-10-11-19-25(24)30(36)35(29)31(27)40-32(37)22-15-7-4-8-16-22/h3-20,27-28,31H,2H2,1H3/t27-,28-,31-/m1/s1. The highest BCUT2D eigenvalue weighted by atomic mass is 16.6. The van der Waals surface area contributed by atoms with Crippen LogP contribution < -0.4 is 0 Å². The Hall–Kier alpha value is -5.04. The van der Waals surface area contributed by atoms with Gasteiger partial charge in [-0.15, -0.1) is 0 Å². The fourth-order valence-electron chi connectivity index (χ4n) is 5.43. The van der Waals surface area contributed by atoms with Gasteiger partial charge in [-0.25, -0.2) is 9.59 Å². The van der Waals surface area contributed by atoms with Gasteiger partial charge in [-0.1, -0.05) is 84.9 Å². The van der Waals surface area contributed by atoms with Crippen LogP contribution in [0.25, 0.3) is 0 Å². The number of rotatable bonds is 6. The second-order valence-corrected chi connectivity index (χ2v) is 9.52. The summed E-state index contributed by atoms with van der Waals surface area (Å²) >= 11 is 0. The van der Waals surface area contributed by atoms with Crippen LogP contribution in [0.4, 0.5) is 0 Å². The van der Waals surface area contributed by atoms with Crippen molar-refractivity contribution in [1.82, 2.24) is 4.90 Å². The quantitative estimate of drug-likeness (QED) is 0.295. The molecule has 0 spiro atoms. The van der Waals surface area contributed by atoms with Crippen LogP contribution in [0, 0.1) is 0 Å². The molecular weight excluding hydrogens is 504 g/mol. The molecule has 0 aromatic heterocycles. The van der Waals surface area contributed by atoms with Crippen LogP contribution in [0.5, 0.6) is 0 Å². The number of hydrogen-bond acceptors (Lipinski definition) is 6. The van der Waals surface area contributed by atoms with Crippen molar-refractivity contribution >= 4 is 23.7 Å². The van der Waals surface area contributed by atoms with Gasteiger partial charge in [0.15, 0.2) is 6.23 Å². The molecule has 1 amide bonds. The first kappa shape index (κ1) is 25.2. The molecule has 0 aliphatic carbocycles. The second kappa shape index (κ2) is 10.6. The van der Waals surface area contributed by atoms with Crippen molar-refractivity contribution in [2.75, 3.05) is 6.61 Å².